The van der Waals surface area contributed by atoms with E-state index < -0.39 is 57.3 Å². The molecular formula is C28H15ClF6N2O5S. The number of rotatable bonds is 7. The van der Waals surface area contributed by atoms with E-state index in [-0.39, 0.29) is 43.7 Å². The first-order valence-electron chi connectivity index (χ1n) is 11.8. The van der Waals surface area contributed by atoms with Crippen molar-refractivity contribution in [2.45, 2.75) is 4.90 Å². The molecule has 0 amide bonds. The Morgan fingerprint density at radius 3 is 2.14 bits per heavy atom. The Kier molecular flexibility index (Phi) is 8.08. The number of halogens is 7. The topological polar surface area (TPSA) is 79.7 Å². The third kappa shape index (κ3) is 5.27. The van der Waals surface area contributed by atoms with Crippen molar-refractivity contribution < 1.29 is 44.2 Å². The summed E-state index contributed by atoms with van der Waals surface area (Å²) in [5, 5.41) is 0.342. The van der Waals surface area contributed by atoms with E-state index in [4.69, 9.17) is 21.1 Å². The Bertz CT molecular complexity index is 1990. The van der Waals surface area contributed by atoms with Crippen LogP contribution in [-0.4, -0.2) is 28.0 Å². The van der Waals surface area contributed by atoms with Gasteiger partial charge in [-0.25, -0.2) is 26.8 Å². The highest BCUT2D eigenvalue weighted by molar-refractivity contribution is 7.80. The second-order valence-corrected chi connectivity index (χ2v) is 10.2. The zero-order chi connectivity index (χ0) is 31.2. The molecule has 0 bridgehead atoms. The quantitative estimate of drug-likeness (QED) is 0.113. The molecule has 15 heteroatoms. The first kappa shape index (κ1) is 29.9. The minimum atomic E-state index is -2.76. The highest BCUT2D eigenvalue weighted by Gasteiger charge is 2.29. The summed E-state index contributed by atoms with van der Waals surface area (Å²) in [4.78, 5) is 16.8. The van der Waals surface area contributed by atoms with E-state index in [0.717, 1.165) is 22.8 Å². The number of nitrogens with zero attached hydrogens (tertiary/aromatic N) is 2. The molecule has 0 saturated carbocycles. The SMILES string of the molecule is COc1cc(-c2cnc(OC)c(Cl)c2)c(F)cc1-n1c(=O)ccc2cc(S(=O)Oc3c(F)c(F)c(F)c(F)c3F)ccc21. The predicted molar refractivity (Wildman–Crippen MR) is 144 cm³/mol. The standard InChI is InChI=1S/C28H15ClF6N2O5S/c1-40-20-9-15(13-8-16(29)28(41-2)36-11-13)17(30)10-19(20)37-18-5-4-14(7-12(18)3-6-21(37)38)43(39)42-27-25(34)23(32)22(31)24(33)26(27)35/h3-11H,1-2H3. The van der Waals surface area contributed by atoms with Gasteiger partial charge in [0.2, 0.25) is 51.8 Å². The summed E-state index contributed by atoms with van der Waals surface area (Å²) in [5.41, 5.74) is -0.130. The van der Waals surface area contributed by atoms with Gasteiger partial charge in [-0.1, -0.05) is 11.6 Å². The molecular weight excluding hydrogens is 626 g/mol. The molecule has 0 aliphatic carbocycles. The fraction of sp³-hybridized carbons (Fsp3) is 0.0714. The van der Waals surface area contributed by atoms with Gasteiger partial charge in [-0.05, 0) is 36.4 Å². The highest BCUT2D eigenvalue weighted by Crippen LogP contribution is 2.36. The van der Waals surface area contributed by atoms with Crippen molar-refractivity contribution in [1.82, 2.24) is 9.55 Å². The van der Waals surface area contributed by atoms with Crippen LogP contribution in [0.2, 0.25) is 5.02 Å². The van der Waals surface area contributed by atoms with E-state index in [0.29, 0.717) is 5.56 Å². The maximum atomic E-state index is 15.4. The van der Waals surface area contributed by atoms with E-state index in [1.54, 1.807) is 0 Å². The van der Waals surface area contributed by atoms with Crippen LogP contribution in [0.4, 0.5) is 26.3 Å². The Morgan fingerprint density at radius 2 is 1.51 bits per heavy atom. The lowest BCUT2D eigenvalue weighted by Crippen LogP contribution is -2.18. The van der Waals surface area contributed by atoms with Crippen molar-refractivity contribution >= 4 is 33.6 Å². The van der Waals surface area contributed by atoms with Gasteiger partial charge in [0.25, 0.3) is 5.56 Å². The average molecular weight is 641 g/mol. The predicted octanol–water partition coefficient (Wildman–Crippen LogP) is 6.66. The average Bonchev–Trinajstić information content (AvgIpc) is 3.00. The van der Waals surface area contributed by atoms with Crippen LogP contribution in [0.5, 0.6) is 17.4 Å². The van der Waals surface area contributed by atoms with Crippen molar-refractivity contribution in [3.05, 3.63) is 105 Å². The molecule has 2 aromatic heterocycles. The van der Waals surface area contributed by atoms with Gasteiger partial charge in [0.1, 0.15) is 16.6 Å². The van der Waals surface area contributed by atoms with Crippen LogP contribution in [0.25, 0.3) is 27.7 Å². The minimum Gasteiger partial charge on any atom is -0.495 e. The fourth-order valence-corrected chi connectivity index (χ4v) is 5.22. The highest BCUT2D eigenvalue weighted by atomic mass is 35.5. The van der Waals surface area contributed by atoms with Gasteiger partial charge in [-0.3, -0.25) is 9.36 Å². The van der Waals surface area contributed by atoms with Crippen molar-refractivity contribution in [2.75, 3.05) is 14.2 Å². The van der Waals surface area contributed by atoms with Crippen molar-refractivity contribution in [3.63, 3.8) is 0 Å². The van der Waals surface area contributed by atoms with E-state index >= 15 is 4.39 Å². The van der Waals surface area contributed by atoms with Crippen molar-refractivity contribution in [3.8, 4) is 34.2 Å². The summed E-state index contributed by atoms with van der Waals surface area (Å²) < 4.78 is 113. The number of ether oxygens (including phenoxy) is 2. The largest absolute Gasteiger partial charge is 0.495 e. The molecule has 43 heavy (non-hydrogen) atoms. The Labute approximate surface area is 245 Å². The Balaban J connectivity index is 1.58. The van der Waals surface area contributed by atoms with Crippen molar-refractivity contribution in [1.29, 1.82) is 0 Å². The lowest BCUT2D eigenvalue weighted by atomic mass is 10.1. The summed E-state index contributed by atoms with van der Waals surface area (Å²) >= 11 is 3.37. The molecule has 3 aromatic carbocycles. The van der Waals surface area contributed by atoms with E-state index in [2.05, 4.69) is 9.17 Å². The summed E-state index contributed by atoms with van der Waals surface area (Å²) in [6, 6.07) is 9.82. The molecule has 1 unspecified atom stereocenters. The number of fused-ring (bicyclic) bond motifs is 1. The molecule has 5 rings (SSSR count). The van der Waals surface area contributed by atoms with Gasteiger partial charge < -0.3 is 13.7 Å². The van der Waals surface area contributed by atoms with Gasteiger partial charge in [0.15, 0.2) is 0 Å². The Morgan fingerprint density at radius 1 is 0.837 bits per heavy atom. The molecule has 0 aliphatic rings. The monoisotopic (exact) mass is 640 g/mol. The van der Waals surface area contributed by atoms with Crippen LogP contribution >= 0.6 is 11.6 Å². The third-order valence-electron chi connectivity index (χ3n) is 6.21. The van der Waals surface area contributed by atoms with Gasteiger partial charge >= 0.3 is 0 Å². The molecule has 0 saturated heterocycles. The summed E-state index contributed by atoms with van der Waals surface area (Å²) in [5.74, 6) is -13.8. The summed E-state index contributed by atoms with van der Waals surface area (Å²) in [6.07, 6.45) is 1.34. The lowest BCUT2D eigenvalue weighted by molar-refractivity contribution is 0.352. The minimum absolute atomic E-state index is 0.0153. The van der Waals surface area contributed by atoms with Crippen LogP contribution in [0.3, 0.4) is 0 Å². The van der Waals surface area contributed by atoms with E-state index in [9.17, 15) is 31.0 Å². The molecule has 0 aliphatic heterocycles. The summed E-state index contributed by atoms with van der Waals surface area (Å²) in [7, 11) is 2.67. The number of pyridine rings is 2. The first-order valence-corrected chi connectivity index (χ1v) is 13.3. The Hall–Kier alpha value is -4.56. The number of methoxy groups -OCH3 is 2. The number of hydrogen-bond acceptors (Lipinski definition) is 6. The van der Waals surface area contributed by atoms with Gasteiger partial charge in [-0.2, -0.15) is 8.78 Å². The number of aromatic nitrogens is 2. The van der Waals surface area contributed by atoms with E-state index in [1.807, 2.05) is 0 Å². The molecule has 0 spiro atoms. The molecule has 2 heterocycles. The van der Waals surface area contributed by atoms with E-state index in [1.165, 1.54) is 50.7 Å². The molecule has 7 nitrogen and oxygen atoms in total. The molecule has 1 atom stereocenters. The maximum absolute atomic E-state index is 15.4. The molecule has 0 fully saturated rings. The van der Waals surface area contributed by atoms with Crippen LogP contribution in [0.1, 0.15) is 0 Å². The van der Waals surface area contributed by atoms with Gasteiger partial charge in [-0.15, -0.1) is 0 Å². The smallest absolute Gasteiger partial charge is 0.255 e. The molecule has 0 radical (unpaired) electrons. The van der Waals surface area contributed by atoms with Gasteiger partial charge in [0.05, 0.1) is 30.3 Å². The maximum Gasteiger partial charge on any atom is 0.255 e. The second kappa shape index (κ2) is 11.6. The number of benzene rings is 3. The molecule has 222 valence electrons. The second-order valence-electron chi connectivity index (χ2n) is 8.66. The van der Waals surface area contributed by atoms with Crippen LogP contribution < -0.4 is 19.2 Å². The van der Waals surface area contributed by atoms with Crippen molar-refractivity contribution in [2.24, 2.45) is 0 Å². The zero-order valence-electron chi connectivity index (χ0n) is 21.7. The summed E-state index contributed by atoms with van der Waals surface area (Å²) in [6.45, 7) is 0. The lowest BCUT2D eigenvalue weighted by Gasteiger charge is -2.16. The fourth-order valence-electron chi connectivity index (χ4n) is 4.18. The zero-order valence-corrected chi connectivity index (χ0v) is 23.3. The van der Waals surface area contributed by atoms with Crippen LogP contribution in [-0.2, 0) is 11.1 Å². The van der Waals surface area contributed by atoms with Crippen LogP contribution in [0, 0.1) is 34.9 Å². The van der Waals surface area contributed by atoms with Crippen LogP contribution in [0.15, 0.2) is 64.4 Å². The number of hydrogen-bond donors (Lipinski definition) is 0. The first-order chi connectivity index (χ1) is 20.5. The molecule has 5 aromatic rings. The van der Waals surface area contributed by atoms with Gasteiger partial charge in [0, 0.05) is 34.8 Å². The normalized spacial score (nSPS) is 11.9. The third-order valence-corrected chi connectivity index (χ3v) is 7.44. The molecule has 0 N–H and O–H groups in total.